The molecule has 0 aliphatic heterocycles. The Balaban J connectivity index is 1.54. The number of aromatic nitrogens is 3. The number of aromatic amines is 1. The lowest BCUT2D eigenvalue weighted by Crippen LogP contribution is -2.22. The lowest BCUT2D eigenvalue weighted by atomic mass is 10.0. The number of carbonyl (C=O) groups is 1. The largest absolute Gasteiger partial charge is 0.496 e. The molecule has 1 amide bonds. The molecule has 7 nitrogen and oxygen atoms in total. The van der Waals surface area contributed by atoms with Crippen LogP contribution in [0, 0.1) is 5.92 Å². The topological polar surface area (TPSA) is 81.2 Å². The van der Waals surface area contributed by atoms with Crippen molar-refractivity contribution in [2.75, 3.05) is 19.0 Å². The van der Waals surface area contributed by atoms with Crippen LogP contribution in [-0.4, -0.2) is 42.2 Å². The number of nitrogens with one attached hydrogen (secondary N) is 2. The van der Waals surface area contributed by atoms with Gasteiger partial charge in [-0.25, -0.2) is 4.98 Å². The monoisotopic (exact) mass is 476 g/mol. The highest BCUT2D eigenvalue weighted by molar-refractivity contribution is 6.76. The number of amides is 1. The Labute approximate surface area is 200 Å². The Hall–Kier alpha value is -3.10. The molecule has 0 atom stereocenters. The van der Waals surface area contributed by atoms with Crippen LogP contribution in [0.15, 0.2) is 42.7 Å². The third kappa shape index (κ3) is 4.74. The minimum Gasteiger partial charge on any atom is -0.496 e. The zero-order chi connectivity index (χ0) is 23.9. The smallest absolute Gasteiger partial charge is 0.228 e. The number of anilines is 1. The van der Waals surface area contributed by atoms with Crippen LogP contribution in [0.1, 0.15) is 12.8 Å². The Morgan fingerprint density at radius 1 is 1.21 bits per heavy atom. The van der Waals surface area contributed by atoms with Crippen molar-refractivity contribution in [1.82, 2.24) is 14.5 Å². The number of H-pyrrole nitrogens is 1. The normalized spacial score (nSPS) is 14.1. The number of hydrogen-bond donors (Lipinski definition) is 2. The maximum atomic E-state index is 12.3. The Morgan fingerprint density at radius 3 is 2.76 bits per heavy atom. The number of nitrogens with zero attached hydrogens (tertiary/aromatic N) is 2. The summed E-state index contributed by atoms with van der Waals surface area (Å²) in [6.45, 7) is 8.17. The van der Waals surface area contributed by atoms with E-state index in [1.165, 1.54) is 0 Å². The number of methoxy groups -OCH3 is 1. The van der Waals surface area contributed by atoms with E-state index in [0.717, 1.165) is 64.3 Å². The van der Waals surface area contributed by atoms with Gasteiger partial charge >= 0.3 is 0 Å². The quantitative estimate of drug-likeness (QED) is 0.234. The molecule has 34 heavy (non-hydrogen) atoms. The van der Waals surface area contributed by atoms with Gasteiger partial charge in [-0.2, -0.15) is 0 Å². The first-order chi connectivity index (χ1) is 16.3. The second-order valence-electron chi connectivity index (χ2n) is 10.3. The molecule has 0 bridgehead atoms. The van der Waals surface area contributed by atoms with Gasteiger partial charge in [0.05, 0.1) is 7.11 Å². The van der Waals surface area contributed by atoms with Crippen molar-refractivity contribution in [2.45, 2.75) is 45.3 Å². The summed E-state index contributed by atoms with van der Waals surface area (Å²) in [6.07, 6.45) is 5.92. The molecule has 2 N–H and O–H groups in total. The van der Waals surface area contributed by atoms with Gasteiger partial charge in [-0.3, -0.25) is 4.79 Å². The van der Waals surface area contributed by atoms with Gasteiger partial charge in [-0.15, -0.1) is 0 Å². The first-order valence-electron chi connectivity index (χ1n) is 11.9. The van der Waals surface area contributed by atoms with E-state index in [1.54, 1.807) is 7.11 Å². The molecule has 1 aliphatic carbocycles. The van der Waals surface area contributed by atoms with Crippen LogP contribution in [0.3, 0.4) is 0 Å². The van der Waals surface area contributed by atoms with Crippen LogP contribution in [-0.2, 0) is 16.3 Å². The van der Waals surface area contributed by atoms with E-state index in [1.807, 2.05) is 35.0 Å². The third-order valence-corrected chi connectivity index (χ3v) is 8.02. The van der Waals surface area contributed by atoms with Crippen LogP contribution < -0.4 is 10.1 Å². The molecule has 0 spiro atoms. The molecule has 3 aromatic heterocycles. The zero-order valence-corrected chi connectivity index (χ0v) is 21.3. The highest BCUT2D eigenvalue weighted by Gasteiger charge is 2.30. The van der Waals surface area contributed by atoms with Gasteiger partial charge < -0.3 is 24.3 Å². The van der Waals surface area contributed by atoms with E-state index in [4.69, 9.17) is 14.5 Å². The van der Waals surface area contributed by atoms with Crippen molar-refractivity contribution in [2.24, 2.45) is 5.92 Å². The minimum atomic E-state index is -1.18. The lowest BCUT2D eigenvalue weighted by Gasteiger charge is -2.15. The summed E-state index contributed by atoms with van der Waals surface area (Å²) in [6, 6.07) is 11.2. The molecule has 1 aromatic carbocycles. The van der Waals surface area contributed by atoms with Gasteiger partial charge in [0, 0.05) is 60.4 Å². The first kappa shape index (κ1) is 22.7. The summed E-state index contributed by atoms with van der Waals surface area (Å²) in [7, 11) is 0.516. The standard InChI is InChI=1S/C26H32N4O3Si/c1-32-23-13-18-9-10-27-22(18)14-20(23)21-15-30(16-33-11-12-34(2,3)4)25-19(21)7-8-24(28-25)29-26(31)17-5-6-17/h7-10,13-15,17,27H,5-6,11-12,16H2,1-4H3,(H,28,29,31). The third-order valence-electron chi connectivity index (χ3n) is 6.31. The first-order valence-corrected chi connectivity index (χ1v) is 15.6. The number of hydrogen-bond acceptors (Lipinski definition) is 4. The highest BCUT2D eigenvalue weighted by Crippen LogP contribution is 2.39. The number of fused-ring (bicyclic) bond motifs is 2. The Morgan fingerprint density at radius 2 is 2.03 bits per heavy atom. The fraction of sp³-hybridized carbons (Fsp3) is 0.385. The summed E-state index contributed by atoms with van der Waals surface area (Å²) in [5, 5.41) is 5.06. The van der Waals surface area contributed by atoms with Crippen molar-refractivity contribution >= 4 is 41.7 Å². The van der Waals surface area contributed by atoms with E-state index in [2.05, 4.69) is 42.2 Å². The van der Waals surface area contributed by atoms with Crippen molar-refractivity contribution < 1.29 is 14.3 Å². The van der Waals surface area contributed by atoms with Crippen LogP contribution in [0.4, 0.5) is 5.82 Å². The van der Waals surface area contributed by atoms with Crippen molar-refractivity contribution in [3.8, 4) is 16.9 Å². The number of benzene rings is 1. The summed E-state index contributed by atoms with van der Waals surface area (Å²) in [5.41, 5.74) is 3.83. The highest BCUT2D eigenvalue weighted by atomic mass is 28.3. The van der Waals surface area contributed by atoms with E-state index in [9.17, 15) is 4.79 Å². The molecule has 178 valence electrons. The molecule has 1 saturated carbocycles. The lowest BCUT2D eigenvalue weighted by molar-refractivity contribution is -0.117. The van der Waals surface area contributed by atoms with E-state index < -0.39 is 8.07 Å². The second kappa shape index (κ2) is 8.92. The average Bonchev–Trinajstić information content (AvgIpc) is 3.46. The molecule has 1 aliphatic rings. The minimum absolute atomic E-state index is 0.0513. The molecule has 8 heteroatoms. The fourth-order valence-corrected chi connectivity index (χ4v) is 4.88. The molecule has 4 aromatic rings. The van der Waals surface area contributed by atoms with Crippen molar-refractivity contribution in [3.05, 3.63) is 42.7 Å². The van der Waals surface area contributed by atoms with Gasteiger partial charge in [0.1, 0.15) is 23.9 Å². The summed E-state index contributed by atoms with van der Waals surface area (Å²) in [4.78, 5) is 20.4. The predicted octanol–water partition coefficient (Wildman–Crippen LogP) is 5.85. The molecule has 3 heterocycles. The van der Waals surface area contributed by atoms with Crippen LogP contribution in [0.25, 0.3) is 33.1 Å². The van der Waals surface area contributed by atoms with Gasteiger partial charge in [0.25, 0.3) is 0 Å². The maximum absolute atomic E-state index is 12.3. The molecule has 0 unspecified atom stereocenters. The maximum Gasteiger partial charge on any atom is 0.228 e. The van der Waals surface area contributed by atoms with Crippen LogP contribution >= 0.6 is 0 Å². The summed E-state index contributed by atoms with van der Waals surface area (Å²) < 4.78 is 13.9. The number of pyridine rings is 1. The predicted molar refractivity (Wildman–Crippen MR) is 139 cm³/mol. The molecule has 0 radical (unpaired) electrons. The van der Waals surface area contributed by atoms with Gasteiger partial charge in [-0.05, 0) is 49.2 Å². The van der Waals surface area contributed by atoms with Gasteiger partial charge in [0.15, 0.2) is 0 Å². The van der Waals surface area contributed by atoms with Gasteiger partial charge in [0.2, 0.25) is 5.91 Å². The van der Waals surface area contributed by atoms with Gasteiger partial charge in [-0.1, -0.05) is 19.6 Å². The second-order valence-corrected chi connectivity index (χ2v) is 15.9. The van der Waals surface area contributed by atoms with Crippen LogP contribution in [0.2, 0.25) is 25.7 Å². The SMILES string of the molecule is COc1cc2cc[nH]c2cc1-c1cn(COCC[Si](C)(C)C)c2nc(NC(=O)C3CC3)ccc12. The molecular weight excluding hydrogens is 444 g/mol. The Kier molecular flexibility index (Phi) is 5.95. The number of carbonyl (C=O) groups excluding carboxylic acids is 1. The summed E-state index contributed by atoms with van der Waals surface area (Å²) >= 11 is 0. The number of ether oxygens (including phenoxy) is 2. The van der Waals surface area contributed by atoms with Crippen LogP contribution in [0.5, 0.6) is 5.75 Å². The fourth-order valence-electron chi connectivity index (χ4n) is 4.12. The van der Waals surface area contributed by atoms with Crippen molar-refractivity contribution in [3.63, 3.8) is 0 Å². The zero-order valence-electron chi connectivity index (χ0n) is 20.3. The molecule has 1 fully saturated rings. The molecule has 0 saturated heterocycles. The van der Waals surface area contributed by atoms with E-state index >= 15 is 0 Å². The Bertz CT molecular complexity index is 1350. The number of rotatable bonds is 9. The molecular formula is C26H32N4O3Si. The van der Waals surface area contributed by atoms with E-state index in [0.29, 0.717) is 12.5 Å². The molecule has 5 rings (SSSR count). The average molecular weight is 477 g/mol. The van der Waals surface area contributed by atoms with Crippen molar-refractivity contribution in [1.29, 1.82) is 0 Å². The van der Waals surface area contributed by atoms with E-state index in [-0.39, 0.29) is 11.8 Å². The summed E-state index contributed by atoms with van der Waals surface area (Å²) in [5.74, 6) is 1.55.